The summed E-state index contributed by atoms with van der Waals surface area (Å²) in [6.45, 7) is 6.36. The van der Waals surface area contributed by atoms with Crippen LogP contribution in [0, 0.1) is 6.92 Å². The van der Waals surface area contributed by atoms with Gasteiger partial charge in [-0.2, -0.15) is 5.10 Å². The fourth-order valence-corrected chi connectivity index (χ4v) is 3.22. The van der Waals surface area contributed by atoms with Gasteiger partial charge in [0.05, 0.1) is 36.0 Å². The number of likely N-dealkylation sites (N-methyl/N-ethyl adjacent to an activating group) is 1. The van der Waals surface area contributed by atoms with Crippen molar-refractivity contribution in [1.82, 2.24) is 29.9 Å². The molecule has 1 N–H and O–H groups in total. The first-order chi connectivity index (χ1) is 11.9. The van der Waals surface area contributed by atoms with Crippen molar-refractivity contribution in [1.29, 1.82) is 0 Å². The van der Waals surface area contributed by atoms with E-state index < -0.39 is 0 Å². The number of hydrogen-bond acceptors (Lipinski definition) is 5. The molecule has 0 amide bonds. The van der Waals surface area contributed by atoms with Gasteiger partial charge >= 0.3 is 0 Å². The molecule has 2 rings (SSSR count). The van der Waals surface area contributed by atoms with Crippen LogP contribution >= 0.6 is 11.3 Å². The summed E-state index contributed by atoms with van der Waals surface area (Å²) >= 11 is 1.68. The molecule has 0 fully saturated rings. The Morgan fingerprint density at radius 3 is 2.68 bits per heavy atom. The van der Waals surface area contributed by atoms with Gasteiger partial charge in [0, 0.05) is 37.8 Å². The van der Waals surface area contributed by atoms with Gasteiger partial charge in [0.25, 0.3) is 0 Å². The molecule has 25 heavy (non-hydrogen) atoms. The minimum atomic E-state index is 0.192. The number of nitrogens with one attached hydrogen (secondary N) is 1. The van der Waals surface area contributed by atoms with Crippen LogP contribution in [-0.4, -0.2) is 64.8 Å². The van der Waals surface area contributed by atoms with Crippen LogP contribution < -0.4 is 5.32 Å². The van der Waals surface area contributed by atoms with Crippen molar-refractivity contribution < 1.29 is 0 Å². The maximum atomic E-state index is 4.85. The summed E-state index contributed by atoms with van der Waals surface area (Å²) in [5.74, 6) is 0.892. The lowest BCUT2D eigenvalue weighted by atomic mass is 10.1. The quantitative estimate of drug-likeness (QED) is 0.601. The Kier molecular flexibility index (Phi) is 6.95. The molecule has 138 valence electrons. The molecule has 7 nitrogen and oxygen atoms in total. The lowest BCUT2D eigenvalue weighted by Crippen LogP contribution is -2.39. The molecule has 0 saturated carbocycles. The van der Waals surface area contributed by atoms with E-state index >= 15 is 0 Å². The molecule has 0 aliphatic heterocycles. The highest BCUT2D eigenvalue weighted by molar-refractivity contribution is 7.09. The molecule has 0 bridgehead atoms. The third-order valence-electron chi connectivity index (χ3n) is 3.91. The molecule has 2 heterocycles. The van der Waals surface area contributed by atoms with Gasteiger partial charge in [-0.05, 0) is 27.9 Å². The Labute approximate surface area is 154 Å². The molecule has 0 saturated heterocycles. The summed E-state index contributed by atoms with van der Waals surface area (Å²) in [6.07, 6.45) is 3.96. The average Bonchev–Trinajstić information content (AvgIpc) is 3.14. The molecule has 2 aromatic rings. The molecule has 0 radical (unpaired) electrons. The van der Waals surface area contributed by atoms with Crippen molar-refractivity contribution in [3.63, 3.8) is 0 Å². The second-order valence-corrected chi connectivity index (χ2v) is 7.40. The summed E-state index contributed by atoms with van der Waals surface area (Å²) in [5.41, 5.74) is 2.25. The van der Waals surface area contributed by atoms with Crippen molar-refractivity contribution in [2.24, 2.45) is 12.0 Å². The van der Waals surface area contributed by atoms with Crippen molar-refractivity contribution in [2.45, 2.75) is 26.4 Å². The average molecular weight is 364 g/mol. The number of guanidine groups is 1. The van der Waals surface area contributed by atoms with Gasteiger partial charge in [-0.25, -0.2) is 4.98 Å². The van der Waals surface area contributed by atoms with Crippen LogP contribution in [0.4, 0.5) is 0 Å². The van der Waals surface area contributed by atoms with Gasteiger partial charge in [-0.1, -0.05) is 0 Å². The molecule has 1 atom stereocenters. The van der Waals surface area contributed by atoms with Crippen molar-refractivity contribution in [3.05, 3.63) is 34.0 Å². The predicted octanol–water partition coefficient (Wildman–Crippen LogP) is 1.89. The summed E-state index contributed by atoms with van der Waals surface area (Å²) in [5, 5.41) is 10.9. The summed E-state index contributed by atoms with van der Waals surface area (Å²) in [6, 6.07) is 0.192. The lowest BCUT2D eigenvalue weighted by molar-refractivity contribution is 0.305. The fourth-order valence-electron chi connectivity index (χ4n) is 2.62. The minimum absolute atomic E-state index is 0.192. The number of aromatic nitrogens is 3. The SMILES string of the molecule is CCNC(=NCC(c1cnn(C)c1)N(C)C)N(C)Cc1csc(C)n1. The number of hydrogen-bond donors (Lipinski definition) is 1. The Balaban J connectivity index is 2.10. The zero-order valence-electron chi connectivity index (χ0n) is 16.0. The summed E-state index contributed by atoms with van der Waals surface area (Å²) in [4.78, 5) is 13.7. The smallest absolute Gasteiger partial charge is 0.194 e. The molecule has 0 aliphatic carbocycles. The van der Waals surface area contributed by atoms with E-state index in [0.717, 1.165) is 29.8 Å². The largest absolute Gasteiger partial charge is 0.357 e. The van der Waals surface area contributed by atoms with Crippen LogP contribution in [0.15, 0.2) is 22.8 Å². The van der Waals surface area contributed by atoms with Crippen LogP contribution in [-0.2, 0) is 13.6 Å². The number of nitrogens with zero attached hydrogens (tertiary/aromatic N) is 6. The number of aliphatic imine (C=N–C) groups is 1. The molecule has 0 spiro atoms. The van der Waals surface area contributed by atoms with Crippen molar-refractivity contribution >= 4 is 17.3 Å². The Hall–Kier alpha value is -1.93. The van der Waals surface area contributed by atoms with Crippen molar-refractivity contribution in [2.75, 3.05) is 34.2 Å². The van der Waals surface area contributed by atoms with Gasteiger partial charge in [-0.15, -0.1) is 11.3 Å². The maximum Gasteiger partial charge on any atom is 0.194 e. The zero-order valence-corrected chi connectivity index (χ0v) is 16.8. The fraction of sp³-hybridized carbons (Fsp3) is 0.588. The van der Waals surface area contributed by atoms with Crippen molar-refractivity contribution in [3.8, 4) is 0 Å². The maximum absolute atomic E-state index is 4.85. The molecule has 2 aromatic heterocycles. The van der Waals surface area contributed by atoms with Gasteiger partial charge in [0.15, 0.2) is 5.96 Å². The van der Waals surface area contributed by atoms with Crippen LogP contribution in [0.1, 0.15) is 29.2 Å². The van der Waals surface area contributed by atoms with E-state index in [-0.39, 0.29) is 6.04 Å². The first-order valence-electron chi connectivity index (χ1n) is 8.46. The van der Waals surface area contributed by atoms with Crippen LogP contribution in [0.25, 0.3) is 0 Å². The van der Waals surface area contributed by atoms with Gasteiger partial charge in [0.2, 0.25) is 0 Å². The van der Waals surface area contributed by atoms with Crippen LogP contribution in [0.2, 0.25) is 0 Å². The molecule has 0 aliphatic rings. The standard InChI is InChI=1S/C17H29N7S/c1-7-18-17(23(5)11-15-12-25-13(2)21-15)19-9-16(22(3)4)14-8-20-24(6)10-14/h8,10,12,16H,7,9,11H2,1-6H3,(H,18,19). The van der Waals surface area contributed by atoms with Crippen LogP contribution in [0.5, 0.6) is 0 Å². The lowest BCUT2D eigenvalue weighted by Gasteiger charge is -2.25. The number of aryl methyl sites for hydroxylation is 2. The highest BCUT2D eigenvalue weighted by Crippen LogP contribution is 2.18. The molecular formula is C17H29N7S. The normalized spacial score (nSPS) is 13.3. The Morgan fingerprint density at radius 1 is 1.40 bits per heavy atom. The van der Waals surface area contributed by atoms with E-state index in [1.165, 1.54) is 5.56 Å². The van der Waals surface area contributed by atoms with E-state index in [0.29, 0.717) is 6.54 Å². The second kappa shape index (κ2) is 8.96. The third kappa shape index (κ3) is 5.54. The predicted molar refractivity (Wildman–Crippen MR) is 104 cm³/mol. The first-order valence-corrected chi connectivity index (χ1v) is 9.34. The van der Waals surface area contributed by atoms with E-state index in [9.17, 15) is 0 Å². The number of rotatable bonds is 7. The minimum Gasteiger partial charge on any atom is -0.357 e. The zero-order chi connectivity index (χ0) is 18.4. The van der Waals surface area contributed by atoms with E-state index in [1.54, 1.807) is 11.3 Å². The topological polar surface area (TPSA) is 61.6 Å². The van der Waals surface area contributed by atoms with E-state index in [4.69, 9.17) is 4.99 Å². The second-order valence-electron chi connectivity index (χ2n) is 6.34. The highest BCUT2D eigenvalue weighted by Gasteiger charge is 2.17. The van der Waals surface area contributed by atoms with E-state index in [2.05, 4.69) is 57.8 Å². The molecular weight excluding hydrogens is 334 g/mol. The Morgan fingerprint density at radius 2 is 2.16 bits per heavy atom. The van der Waals surface area contributed by atoms with Gasteiger partial charge < -0.3 is 15.1 Å². The highest BCUT2D eigenvalue weighted by atomic mass is 32.1. The first kappa shape index (κ1) is 19.4. The molecule has 8 heteroatoms. The van der Waals surface area contributed by atoms with E-state index in [1.807, 2.05) is 31.9 Å². The van der Waals surface area contributed by atoms with Crippen LogP contribution in [0.3, 0.4) is 0 Å². The Bertz CT molecular complexity index is 689. The number of thiazole rings is 1. The molecule has 1 unspecified atom stereocenters. The summed E-state index contributed by atoms with van der Waals surface area (Å²) in [7, 11) is 8.13. The van der Waals surface area contributed by atoms with Gasteiger partial charge in [0.1, 0.15) is 0 Å². The summed E-state index contributed by atoms with van der Waals surface area (Å²) < 4.78 is 1.83. The molecule has 0 aromatic carbocycles. The monoisotopic (exact) mass is 363 g/mol. The van der Waals surface area contributed by atoms with Gasteiger partial charge in [-0.3, -0.25) is 9.67 Å². The third-order valence-corrected chi connectivity index (χ3v) is 4.73.